The summed E-state index contributed by atoms with van der Waals surface area (Å²) < 4.78 is 39.7. The summed E-state index contributed by atoms with van der Waals surface area (Å²) in [6.45, 7) is -0.114. The minimum Gasteiger partial charge on any atom is -0.399 e. The van der Waals surface area contributed by atoms with E-state index in [0.717, 1.165) is 17.4 Å². The van der Waals surface area contributed by atoms with Gasteiger partial charge in [-0.05, 0) is 17.7 Å². The first-order chi connectivity index (χ1) is 8.38. The van der Waals surface area contributed by atoms with Crippen molar-refractivity contribution in [2.24, 2.45) is 0 Å². The summed E-state index contributed by atoms with van der Waals surface area (Å²) in [5.74, 6) is 0. The van der Waals surface area contributed by atoms with E-state index in [1.54, 1.807) is 0 Å². The zero-order valence-corrected chi connectivity index (χ0v) is 9.89. The van der Waals surface area contributed by atoms with Crippen LogP contribution >= 0.6 is 11.3 Å². The van der Waals surface area contributed by atoms with E-state index in [2.05, 4.69) is 0 Å². The maximum Gasteiger partial charge on any atom is 0.416 e. The molecule has 0 aliphatic rings. The van der Waals surface area contributed by atoms with Crippen molar-refractivity contribution in [2.45, 2.75) is 12.7 Å². The van der Waals surface area contributed by atoms with Gasteiger partial charge in [0, 0.05) is 17.3 Å². The standard InChI is InChI=1S/C11H9F3N2OS/c12-11(13,14)9-5-8(15)2-1-7(9)6-16-3-4-18-10(16)17/h1-5H,6,15H2. The highest BCUT2D eigenvalue weighted by atomic mass is 32.1. The van der Waals surface area contributed by atoms with Crippen molar-refractivity contribution < 1.29 is 13.2 Å². The van der Waals surface area contributed by atoms with Crippen molar-refractivity contribution >= 4 is 17.0 Å². The monoisotopic (exact) mass is 274 g/mol. The van der Waals surface area contributed by atoms with Crippen LogP contribution in [0.4, 0.5) is 18.9 Å². The van der Waals surface area contributed by atoms with E-state index in [9.17, 15) is 18.0 Å². The Morgan fingerprint density at radius 3 is 2.61 bits per heavy atom. The van der Waals surface area contributed by atoms with E-state index < -0.39 is 11.7 Å². The molecule has 0 amide bonds. The Morgan fingerprint density at radius 1 is 1.33 bits per heavy atom. The number of nitrogen functional groups attached to an aromatic ring is 1. The Kier molecular flexibility index (Phi) is 3.16. The lowest BCUT2D eigenvalue weighted by molar-refractivity contribution is -0.138. The molecule has 2 N–H and O–H groups in total. The van der Waals surface area contributed by atoms with Crippen LogP contribution in [-0.4, -0.2) is 4.57 Å². The summed E-state index contributed by atoms with van der Waals surface area (Å²) in [7, 11) is 0. The van der Waals surface area contributed by atoms with Gasteiger partial charge in [0.2, 0.25) is 0 Å². The molecular weight excluding hydrogens is 265 g/mol. The van der Waals surface area contributed by atoms with Gasteiger partial charge in [-0.1, -0.05) is 17.4 Å². The molecule has 0 bridgehead atoms. The molecule has 2 aromatic rings. The molecule has 1 aromatic carbocycles. The number of alkyl halides is 3. The number of anilines is 1. The predicted molar refractivity (Wildman–Crippen MR) is 63.5 cm³/mol. The molecule has 96 valence electrons. The summed E-state index contributed by atoms with van der Waals surface area (Å²) in [6, 6.07) is 3.57. The third-order valence-electron chi connectivity index (χ3n) is 2.42. The first-order valence-electron chi connectivity index (χ1n) is 4.97. The maximum absolute atomic E-state index is 12.8. The number of benzene rings is 1. The summed E-state index contributed by atoms with van der Waals surface area (Å²) in [5.41, 5.74) is 4.63. The molecule has 0 atom stereocenters. The van der Waals surface area contributed by atoms with Gasteiger partial charge in [-0.25, -0.2) is 0 Å². The largest absolute Gasteiger partial charge is 0.416 e. The number of rotatable bonds is 2. The molecule has 0 aliphatic carbocycles. The van der Waals surface area contributed by atoms with E-state index >= 15 is 0 Å². The number of hydrogen-bond donors (Lipinski definition) is 1. The molecule has 0 radical (unpaired) electrons. The molecule has 0 saturated heterocycles. The quantitative estimate of drug-likeness (QED) is 0.856. The van der Waals surface area contributed by atoms with Crippen LogP contribution in [0.15, 0.2) is 34.6 Å². The van der Waals surface area contributed by atoms with Crippen LogP contribution in [0.3, 0.4) is 0 Å². The van der Waals surface area contributed by atoms with Crippen LogP contribution in [0.1, 0.15) is 11.1 Å². The first kappa shape index (κ1) is 12.7. The molecule has 7 heteroatoms. The van der Waals surface area contributed by atoms with Gasteiger partial charge >= 0.3 is 11.0 Å². The number of nitrogens with zero attached hydrogens (tertiary/aromatic N) is 1. The fraction of sp³-hybridized carbons (Fsp3) is 0.182. The number of halogens is 3. The molecule has 0 fully saturated rings. The van der Waals surface area contributed by atoms with E-state index in [1.165, 1.54) is 28.3 Å². The van der Waals surface area contributed by atoms with Crippen LogP contribution in [-0.2, 0) is 12.7 Å². The van der Waals surface area contributed by atoms with Crippen LogP contribution < -0.4 is 10.6 Å². The van der Waals surface area contributed by atoms with Crippen molar-refractivity contribution in [3.05, 3.63) is 50.6 Å². The second kappa shape index (κ2) is 4.49. The zero-order valence-electron chi connectivity index (χ0n) is 9.07. The lowest BCUT2D eigenvalue weighted by Crippen LogP contribution is -2.17. The number of thiazole rings is 1. The molecule has 0 unspecified atom stereocenters. The smallest absolute Gasteiger partial charge is 0.399 e. The Labute approximate surface area is 104 Å². The van der Waals surface area contributed by atoms with E-state index in [-0.39, 0.29) is 22.7 Å². The fourth-order valence-electron chi connectivity index (χ4n) is 1.59. The predicted octanol–water partition coefficient (Wildman–Crippen LogP) is 2.56. The fourth-order valence-corrected chi connectivity index (χ4v) is 2.17. The second-order valence-electron chi connectivity index (χ2n) is 3.71. The molecule has 18 heavy (non-hydrogen) atoms. The Hall–Kier alpha value is -1.76. The number of hydrogen-bond acceptors (Lipinski definition) is 3. The highest BCUT2D eigenvalue weighted by molar-refractivity contribution is 7.07. The van der Waals surface area contributed by atoms with Crippen LogP contribution in [0, 0.1) is 0 Å². The maximum atomic E-state index is 12.8. The lowest BCUT2D eigenvalue weighted by atomic mass is 10.1. The van der Waals surface area contributed by atoms with Crippen LogP contribution in [0.2, 0.25) is 0 Å². The molecular formula is C11H9F3N2OS. The van der Waals surface area contributed by atoms with Crippen molar-refractivity contribution in [1.29, 1.82) is 0 Å². The van der Waals surface area contributed by atoms with Gasteiger partial charge in [-0.15, -0.1) is 0 Å². The molecule has 3 nitrogen and oxygen atoms in total. The molecule has 1 aromatic heterocycles. The van der Waals surface area contributed by atoms with Crippen molar-refractivity contribution in [3.8, 4) is 0 Å². The highest BCUT2D eigenvalue weighted by Gasteiger charge is 2.33. The summed E-state index contributed by atoms with van der Waals surface area (Å²) >= 11 is 0.942. The highest BCUT2D eigenvalue weighted by Crippen LogP contribution is 2.33. The average molecular weight is 274 g/mol. The molecule has 1 heterocycles. The SMILES string of the molecule is Nc1ccc(Cn2ccsc2=O)c(C(F)(F)F)c1. The second-order valence-corrected chi connectivity index (χ2v) is 4.57. The van der Waals surface area contributed by atoms with Gasteiger partial charge in [0.05, 0.1) is 12.1 Å². The van der Waals surface area contributed by atoms with E-state index in [1.807, 2.05) is 0 Å². The molecule has 0 spiro atoms. The Balaban J connectivity index is 2.45. The molecule has 0 aliphatic heterocycles. The topological polar surface area (TPSA) is 48.0 Å². The third-order valence-corrected chi connectivity index (χ3v) is 3.12. The minimum absolute atomic E-state index is 0.0252. The first-order valence-corrected chi connectivity index (χ1v) is 5.85. The van der Waals surface area contributed by atoms with Gasteiger partial charge in [0.15, 0.2) is 0 Å². The van der Waals surface area contributed by atoms with Gasteiger partial charge < -0.3 is 10.3 Å². The van der Waals surface area contributed by atoms with Gasteiger partial charge in [-0.3, -0.25) is 4.79 Å². The van der Waals surface area contributed by atoms with Gasteiger partial charge in [0.25, 0.3) is 0 Å². The molecule has 0 saturated carbocycles. The van der Waals surface area contributed by atoms with Crippen LogP contribution in [0.5, 0.6) is 0 Å². The minimum atomic E-state index is -4.48. The summed E-state index contributed by atoms with van der Waals surface area (Å²) in [6.07, 6.45) is -3.02. The molecule has 2 rings (SSSR count). The number of aromatic nitrogens is 1. The van der Waals surface area contributed by atoms with Crippen molar-refractivity contribution in [1.82, 2.24) is 4.57 Å². The Morgan fingerprint density at radius 2 is 2.06 bits per heavy atom. The normalized spacial score (nSPS) is 11.7. The van der Waals surface area contributed by atoms with Crippen molar-refractivity contribution in [3.63, 3.8) is 0 Å². The average Bonchev–Trinajstić information content (AvgIpc) is 2.66. The summed E-state index contributed by atoms with van der Waals surface area (Å²) in [5, 5.41) is 1.53. The zero-order chi connectivity index (χ0) is 13.3. The third kappa shape index (κ3) is 2.56. The lowest BCUT2D eigenvalue weighted by Gasteiger charge is -2.13. The van der Waals surface area contributed by atoms with Gasteiger partial charge in [0.1, 0.15) is 0 Å². The van der Waals surface area contributed by atoms with E-state index in [0.29, 0.717) is 0 Å². The summed E-state index contributed by atoms with van der Waals surface area (Å²) in [4.78, 5) is 11.0. The Bertz CT molecular complexity index is 615. The van der Waals surface area contributed by atoms with Crippen LogP contribution in [0.25, 0.3) is 0 Å². The van der Waals surface area contributed by atoms with Gasteiger partial charge in [-0.2, -0.15) is 13.2 Å². The van der Waals surface area contributed by atoms with Crippen molar-refractivity contribution in [2.75, 3.05) is 5.73 Å². The van der Waals surface area contributed by atoms with E-state index in [4.69, 9.17) is 5.73 Å². The number of nitrogens with two attached hydrogens (primary N) is 1.